The normalized spacial score (nSPS) is 14.6. The smallest absolute Gasteiger partial charge is 0.308 e. The topological polar surface area (TPSA) is 83.0 Å². The first kappa shape index (κ1) is 22.8. The lowest BCUT2D eigenvalue weighted by atomic mass is 9.97. The number of nitrogens with one attached hydrogen (secondary N) is 2. The number of amides is 1. The molecule has 1 aromatic rings. The minimum absolute atomic E-state index is 0. The molecule has 8 heteroatoms. The van der Waals surface area contributed by atoms with Crippen LogP contribution in [0.5, 0.6) is 0 Å². The van der Waals surface area contributed by atoms with E-state index in [-0.39, 0.29) is 48.3 Å². The SMILES string of the molecule is C#Cc1cccc(NC(=O)CNC(=NC)N2CCC(C(=O)OC)CC2)c1.I. The standard InChI is InChI=1S/C19H24N4O3.HI/c1-4-14-6-5-7-16(12-14)22-17(24)13-21-19(20-2)23-10-8-15(9-11-23)18(25)26-3;/h1,5-7,12,15H,8-11,13H2,2-3H3,(H,20,21)(H,22,24);1H. The summed E-state index contributed by atoms with van der Waals surface area (Å²) in [5, 5.41) is 5.85. The minimum Gasteiger partial charge on any atom is -0.469 e. The minimum atomic E-state index is -0.190. The molecule has 1 aliphatic rings. The fourth-order valence-electron chi connectivity index (χ4n) is 2.88. The molecule has 0 bridgehead atoms. The van der Waals surface area contributed by atoms with Crippen LogP contribution in [-0.4, -0.2) is 56.5 Å². The summed E-state index contributed by atoms with van der Waals surface area (Å²) >= 11 is 0. The highest BCUT2D eigenvalue weighted by Crippen LogP contribution is 2.18. The Hall–Kier alpha value is -2.28. The molecule has 1 saturated heterocycles. The van der Waals surface area contributed by atoms with E-state index in [1.807, 2.05) is 4.90 Å². The maximum absolute atomic E-state index is 12.1. The van der Waals surface area contributed by atoms with Crippen LogP contribution in [0.3, 0.4) is 0 Å². The molecule has 0 spiro atoms. The van der Waals surface area contributed by atoms with Crippen molar-refractivity contribution in [2.45, 2.75) is 12.8 Å². The molecule has 0 aromatic heterocycles. The molecule has 2 rings (SSSR count). The molecule has 0 saturated carbocycles. The lowest BCUT2D eigenvalue weighted by Gasteiger charge is -2.33. The highest BCUT2D eigenvalue weighted by atomic mass is 127. The Kier molecular flexibility index (Phi) is 9.64. The van der Waals surface area contributed by atoms with Crippen molar-refractivity contribution in [1.82, 2.24) is 10.2 Å². The average Bonchev–Trinajstić information content (AvgIpc) is 2.68. The highest BCUT2D eigenvalue weighted by molar-refractivity contribution is 14.0. The van der Waals surface area contributed by atoms with E-state index in [0.29, 0.717) is 43.1 Å². The number of anilines is 1. The van der Waals surface area contributed by atoms with Gasteiger partial charge in [-0.2, -0.15) is 0 Å². The van der Waals surface area contributed by atoms with Crippen molar-refractivity contribution >= 4 is 47.5 Å². The number of benzene rings is 1. The van der Waals surface area contributed by atoms with E-state index in [1.165, 1.54) is 7.11 Å². The zero-order valence-electron chi connectivity index (χ0n) is 15.5. The zero-order chi connectivity index (χ0) is 18.9. The number of ether oxygens (including phenoxy) is 1. The van der Waals surface area contributed by atoms with Gasteiger partial charge in [-0.05, 0) is 31.0 Å². The number of hydrogen-bond donors (Lipinski definition) is 2. The van der Waals surface area contributed by atoms with Crippen LogP contribution in [0.1, 0.15) is 18.4 Å². The molecule has 1 aromatic carbocycles. The summed E-state index contributed by atoms with van der Waals surface area (Å²) in [6, 6.07) is 7.12. The molecule has 0 unspecified atom stereocenters. The predicted molar refractivity (Wildman–Crippen MR) is 116 cm³/mol. The van der Waals surface area contributed by atoms with Crippen LogP contribution in [0, 0.1) is 18.3 Å². The van der Waals surface area contributed by atoms with Crippen LogP contribution >= 0.6 is 24.0 Å². The highest BCUT2D eigenvalue weighted by Gasteiger charge is 2.27. The molecule has 1 heterocycles. The first-order valence-corrected chi connectivity index (χ1v) is 8.47. The van der Waals surface area contributed by atoms with E-state index in [1.54, 1.807) is 31.3 Å². The van der Waals surface area contributed by atoms with Gasteiger partial charge in [0.1, 0.15) is 0 Å². The molecule has 1 amide bonds. The summed E-state index contributed by atoms with van der Waals surface area (Å²) in [6.45, 7) is 1.46. The van der Waals surface area contributed by atoms with Gasteiger partial charge in [0.05, 0.1) is 19.6 Å². The van der Waals surface area contributed by atoms with Gasteiger partial charge in [0, 0.05) is 31.4 Å². The molecule has 1 aliphatic heterocycles. The molecular formula is C19H25IN4O3. The van der Waals surface area contributed by atoms with Crippen molar-refractivity contribution in [3.63, 3.8) is 0 Å². The second-order valence-corrected chi connectivity index (χ2v) is 5.96. The third kappa shape index (κ3) is 6.75. The molecule has 7 nitrogen and oxygen atoms in total. The Labute approximate surface area is 177 Å². The average molecular weight is 484 g/mol. The first-order chi connectivity index (χ1) is 12.6. The number of methoxy groups -OCH3 is 1. The van der Waals surface area contributed by atoms with Gasteiger partial charge in [0.15, 0.2) is 5.96 Å². The van der Waals surface area contributed by atoms with Crippen molar-refractivity contribution in [1.29, 1.82) is 0 Å². The predicted octanol–water partition coefficient (Wildman–Crippen LogP) is 1.68. The van der Waals surface area contributed by atoms with Crippen molar-refractivity contribution in [2.75, 3.05) is 39.1 Å². The largest absolute Gasteiger partial charge is 0.469 e. The van der Waals surface area contributed by atoms with E-state index in [4.69, 9.17) is 11.2 Å². The van der Waals surface area contributed by atoms with Gasteiger partial charge in [-0.25, -0.2) is 0 Å². The molecule has 1 fully saturated rings. The molecule has 0 radical (unpaired) electrons. The second-order valence-electron chi connectivity index (χ2n) is 5.96. The van der Waals surface area contributed by atoms with Crippen LogP contribution in [0.2, 0.25) is 0 Å². The van der Waals surface area contributed by atoms with Crippen LogP contribution in [0.25, 0.3) is 0 Å². The Morgan fingerprint density at radius 2 is 2.07 bits per heavy atom. The lowest BCUT2D eigenvalue weighted by molar-refractivity contribution is -0.146. The van der Waals surface area contributed by atoms with E-state index >= 15 is 0 Å². The number of hydrogen-bond acceptors (Lipinski definition) is 4. The maximum atomic E-state index is 12.1. The van der Waals surface area contributed by atoms with Gasteiger partial charge in [-0.1, -0.05) is 12.0 Å². The number of carbonyl (C=O) groups excluding carboxylic acids is 2. The summed E-state index contributed by atoms with van der Waals surface area (Å²) in [6.07, 6.45) is 6.77. The van der Waals surface area contributed by atoms with Crippen molar-refractivity contribution in [2.24, 2.45) is 10.9 Å². The van der Waals surface area contributed by atoms with Crippen LogP contribution in [0.15, 0.2) is 29.3 Å². The van der Waals surface area contributed by atoms with E-state index in [2.05, 4.69) is 21.5 Å². The monoisotopic (exact) mass is 484 g/mol. The van der Waals surface area contributed by atoms with Crippen molar-refractivity contribution in [3.05, 3.63) is 29.8 Å². The van der Waals surface area contributed by atoms with Crippen molar-refractivity contribution in [3.8, 4) is 12.3 Å². The third-order valence-corrected chi connectivity index (χ3v) is 4.26. The van der Waals surface area contributed by atoms with E-state index in [0.717, 1.165) is 0 Å². The molecule has 146 valence electrons. The number of esters is 1. The van der Waals surface area contributed by atoms with Gasteiger partial charge in [0.25, 0.3) is 0 Å². The van der Waals surface area contributed by atoms with E-state index in [9.17, 15) is 9.59 Å². The summed E-state index contributed by atoms with van der Waals surface area (Å²) in [7, 11) is 3.08. The summed E-state index contributed by atoms with van der Waals surface area (Å²) < 4.78 is 4.80. The molecule has 27 heavy (non-hydrogen) atoms. The lowest BCUT2D eigenvalue weighted by Crippen LogP contribution is -2.48. The number of carbonyl (C=O) groups is 2. The summed E-state index contributed by atoms with van der Waals surface area (Å²) in [5.74, 6) is 2.75. The van der Waals surface area contributed by atoms with Crippen LogP contribution in [0.4, 0.5) is 5.69 Å². The fraction of sp³-hybridized carbons (Fsp3) is 0.421. The molecular weight excluding hydrogens is 459 g/mol. The number of halogens is 1. The van der Waals surface area contributed by atoms with Gasteiger partial charge in [-0.3, -0.25) is 14.6 Å². The number of rotatable bonds is 4. The zero-order valence-corrected chi connectivity index (χ0v) is 17.9. The quantitative estimate of drug-likeness (QED) is 0.224. The maximum Gasteiger partial charge on any atom is 0.308 e. The Bertz CT molecular complexity index is 722. The molecule has 0 atom stereocenters. The number of nitrogens with zero attached hydrogens (tertiary/aromatic N) is 2. The third-order valence-electron chi connectivity index (χ3n) is 4.26. The Balaban J connectivity index is 0.00000364. The summed E-state index contributed by atoms with van der Waals surface area (Å²) in [4.78, 5) is 30.0. The van der Waals surface area contributed by atoms with Gasteiger partial charge >= 0.3 is 5.97 Å². The molecule has 2 N–H and O–H groups in total. The number of aliphatic imine (C=N–C) groups is 1. The first-order valence-electron chi connectivity index (χ1n) is 8.47. The van der Waals surface area contributed by atoms with Gasteiger partial charge < -0.3 is 20.3 Å². The second kappa shape index (κ2) is 11.4. The van der Waals surface area contributed by atoms with Gasteiger partial charge in [0.2, 0.25) is 5.91 Å². The van der Waals surface area contributed by atoms with Gasteiger partial charge in [-0.15, -0.1) is 30.4 Å². The number of terminal acetylenes is 1. The Morgan fingerprint density at radius 1 is 1.37 bits per heavy atom. The van der Waals surface area contributed by atoms with Crippen LogP contribution < -0.4 is 10.6 Å². The summed E-state index contributed by atoms with van der Waals surface area (Å²) in [5.41, 5.74) is 1.36. The van der Waals surface area contributed by atoms with Crippen LogP contribution in [-0.2, 0) is 14.3 Å². The fourth-order valence-corrected chi connectivity index (χ4v) is 2.88. The Morgan fingerprint density at radius 3 is 2.67 bits per heavy atom. The molecule has 0 aliphatic carbocycles. The van der Waals surface area contributed by atoms with Crippen molar-refractivity contribution < 1.29 is 14.3 Å². The number of guanidine groups is 1. The number of likely N-dealkylation sites (tertiary alicyclic amines) is 1. The number of piperidine rings is 1. The van der Waals surface area contributed by atoms with E-state index < -0.39 is 0 Å².